The van der Waals surface area contributed by atoms with Gasteiger partial charge in [-0.2, -0.15) is 13.2 Å². The van der Waals surface area contributed by atoms with Crippen molar-refractivity contribution < 1.29 is 25.6 Å². The Labute approximate surface area is 212 Å². The second kappa shape index (κ2) is 10.1. The van der Waals surface area contributed by atoms with Gasteiger partial charge in [-0.05, 0) is 26.0 Å². The molecule has 0 bridgehead atoms. The van der Waals surface area contributed by atoms with Gasteiger partial charge in [-0.25, -0.2) is 15.0 Å². The number of allylic oxidation sites excluding steroid dienone is 1. The predicted molar refractivity (Wildman–Crippen MR) is 133 cm³/mol. The Morgan fingerprint density at radius 2 is 2.08 bits per heavy atom. The first kappa shape index (κ1) is 25.4. The van der Waals surface area contributed by atoms with E-state index >= 15 is 0 Å². The first-order valence-electron chi connectivity index (χ1n) is 11.0. The number of pyridine rings is 1. The normalized spacial score (nSPS) is 16.2. The molecular formula is C23H27ClF3N7O2. The molecule has 1 aliphatic rings. The zero-order valence-electron chi connectivity index (χ0n) is 19.4. The van der Waals surface area contributed by atoms with Crippen molar-refractivity contribution in [3.63, 3.8) is 0 Å². The van der Waals surface area contributed by atoms with Gasteiger partial charge in [0, 0.05) is 51.6 Å². The molecule has 0 radical (unpaired) electrons. The molecule has 0 aromatic carbocycles. The van der Waals surface area contributed by atoms with Crippen LogP contribution < -0.4 is 10.2 Å². The van der Waals surface area contributed by atoms with Crippen LogP contribution in [0, 0.1) is 0 Å². The number of amides is 2. The Morgan fingerprint density at radius 3 is 2.81 bits per heavy atom. The minimum absolute atomic E-state index is 0. The number of nitrogens with one attached hydrogen (secondary N) is 2. The van der Waals surface area contributed by atoms with Crippen LogP contribution in [0.5, 0.6) is 0 Å². The summed E-state index contributed by atoms with van der Waals surface area (Å²) in [7, 11) is 0. The number of fused-ring (bicyclic) bond motifs is 1. The molecule has 36 heavy (non-hydrogen) atoms. The van der Waals surface area contributed by atoms with E-state index in [0.717, 1.165) is 5.57 Å². The van der Waals surface area contributed by atoms with Crippen LogP contribution in [0.1, 0.15) is 16.7 Å². The van der Waals surface area contributed by atoms with Crippen molar-refractivity contribution in [1.82, 2.24) is 30.2 Å². The van der Waals surface area contributed by atoms with E-state index in [1.165, 1.54) is 23.4 Å². The predicted octanol–water partition coefficient (Wildman–Crippen LogP) is 3.83. The molecular weight excluding hydrogens is 499 g/mol. The summed E-state index contributed by atoms with van der Waals surface area (Å²) >= 11 is 6.09. The number of aromatic nitrogens is 4. The van der Waals surface area contributed by atoms with Crippen LogP contribution in [0.25, 0.3) is 22.4 Å². The summed E-state index contributed by atoms with van der Waals surface area (Å²) in [5.41, 5.74) is 1.98. The Bertz CT molecular complexity index is 1330. The van der Waals surface area contributed by atoms with E-state index in [9.17, 15) is 22.8 Å². The highest BCUT2D eigenvalue weighted by atomic mass is 35.5. The maximum absolute atomic E-state index is 12.9. The van der Waals surface area contributed by atoms with Gasteiger partial charge in [-0.3, -0.25) is 9.59 Å². The first-order valence-corrected chi connectivity index (χ1v) is 11.4. The first-order chi connectivity index (χ1) is 17.0. The third-order valence-electron chi connectivity index (χ3n) is 5.54. The number of hydrogen-bond acceptors (Lipinski definition) is 6. The number of alkyl halides is 3. The van der Waals surface area contributed by atoms with E-state index in [-0.39, 0.29) is 28.4 Å². The van der Waals surface area contributed by atoms with Gasteiger partial charge in [-0.1, -0.05) is 17.2 Å². The molecule has 3 aromatic rings. The fourth-order valence-electron chi connectivity index (χ4n) is 3.93. The molecule has 2 amide bonds. The number of hydrogen-bond donors (Lipinski definition) is 2. The van der Waals surface area contributed by atoms with Crippen molar-refractivity contribution in [2.24, 2.45) is 0 Å². The number of H-pyrrole nitrogens is 1. The number of carbonyl (C=O) groups is 2. The minimum Gasteiger partial charge on any atom is -0.345 e. The number of piperazine rings is 1. The summed E-state index contributed by atoms with van der Waals surface area (Å²) in [5.74, 6) is -0.508. The molecule has 1 atom stereocenters. The van der Waals surface area contributed by atoms with E-state index in [4.69, 9.17) is 11.6 Å². The second-order valence-corrected chi connectivity index (χ2v) is 8.98. The lowest BCUT2D eigenvalue weighted by Gasteiger charge is -2.41. The minimum atomic E-state index is -4.57. The van der Waals surface area contributed by atoms with Crippen LogP contribution in [0.15, 0.2) is 42.4 Å². The summed E-state index contributed by atoms with van der Waals surface area (Å²) in [4.78, 5) is 44.6. The quantitative estimate of drug-likeness (QED) is 0.490. The van der Waals surface area contributed by atoms with Gasteiger partial charge in [0.1, 0.15) is 24.1 Å². The maximum atomic E-state index is 12.9. The molecule has 4 rings (SSSR count). The van der Waals surface area contributed by atoms with Crippen LogP contribution in [0.2, 0.25) is 5.02 Å². The molecule has 194 valence electrons. The molecule has 0 saturated carbocycles. The molecule has 0 spiro atoms. The van der Waals surface area contributed by atoms with E-state index in [0.29, 0.717) is 33.3 Å². The lowest BCUT2D eigenvalue weighted by molar-refractivity contribution is -0.140. The smallest absolute Gasteiger partial charge is 0.345 e. The van der Waals surface area contributed by atoms with Gasteiger partial charge in [0.2, 0.25) is 11.8 Å². The third-order valence-corrected chi connectivity index (χ3v) is 5.75. The van der Waals surface area contributed by atoms with Gasteiger partial charge < -0.3 is 20.1 Å². The van der Waals surface area contributed by atoms with Crippen LogP contribution >= 0.6 is 11.6 Å². The van der Waals surface area contributed by atoms with Gasteiger partial charge in [-0.15, -0.1) is 0 Å². The number of nitrogens with zero attached hydrogens (tertiary/aromatic N) is 5. The van der Waals surface area contributed by atoms with E-state index < -0.39 is 24.7 Å². The summed E-state index contributed by atoms with van der Waals surface area (Å²) in [6.07, 6.45) is 1.54. The number of aromatic amines is 1. The van der Waals surface area contributed by atoms with Crippen molar-refractivity contribution in [2.75, 3.05) is 31.1 Å². The zero-order chi connectivity index (χ0) is 26.0. The molecule has 13 heteroatoms. The van der Waals surface area contributed by atoms with Crippen LogP contribution in [-0.4, -0.2) is 75.0 Å². The maximum Gasteiger partial charge on any atom is 0.405 e. The largest absolute Gasteiger partial charge is 0.405 e. The summed E-state index contributed by atoms with van der Waals surface area (Å²) in [5, 5.41) is 3.05. The SMILES string of the molecule is CC(C)=CC(=O)N1CCN(c2ccnc(-c3c[nH]c4ncc(Cl)cc34)n2)[C@@H](C(=O)NCC(F)(F)F)C1.[HH].[HH]. The highest BCUT2D eigenvalue weighted by Crippen LogP contribution is 2.29. The molecule has 2 N–H and O–H groups in total. The molecule has 0 aliphatic carbocycles. The van der Waals surface area contributed by atoms with Gasteiger partial charge in [0.15, 0.2) is 5.82 Å². The number of halogens is 4. The van der Waals surface area contributed by atoms with Crippen molar-refractivity contribution in [3.05, 3.63) is 47.4 Å². The zero-order valence-corrected chi connectivity index (χ0v) is 20.2. The van der Waals surface area contributed by atoms with Crippen LogP contribution in [-0.2, 0) is 9.59 Å². The molecule has 0 unspecified atom stereocenters. The van der Waals surface area contributed by atoms with Gasteiger partial charge in [0.25, 0.3) is 0 Å². The number of carbonyl (C=O) groups excluding carboxylic acids is 2. The van der Waals surface area contributed by atoms with Crippen molar-refractivity contribution in [3.8, 4) is 11.4 Å². The topological polar surface area (TPSA) is 107 Å². The molecule has 1 fully saturated rings. The summed E-state index contributed by atoms with van der Waals surface area (Å²) < 4.78 is 38.3. The standard InChI is InChI=1S/C23H23ClF3N7O2.2H2/c1-13(2)7-19(35)33-5-6-34(17(11-33)22(36)31-12-23(25,26)27)18-3-4-28-21(32-18)16-10-30-20-15(16)8-14(24)9-29-20;;/h3-4,7-10,17H,5-6,11-12H2,1-2H3,(H,29,30)(H,31,36);2*1H/t17-;;/m1../s1. The second-order valence-electron chi connectivity index (χ2n) is 8.54. The van der Waals surface area contributed by atoms with Crippen LogP contribution in [0.4, 0.5) is 19.0 Å². The molecule has 1 saturated heterocycles. The van der Waals surface area contributed by atoms with Crippen molar-refractivity contribution in [1.29, 1.82) is 0 Å². The number of anilines is 1. The number of rotatable bonds is 5. The lowest BCUT2D eigenvalue weighted by Crippen LogP contribution is -2.61. The fraction of sp³-hybridized carbons (Fsp3) is 0.348. The van der Waals surface area contributed by atoms with Crippen molar-refractivity contribution >= 4 is 40.3 Å². The average Bonchev–Trinajstić information content (AvgIpc) is 3.24. The highest BCUT2D eigenvalue weighted by Gasteiger charge is 2.37. The fourth-order valence-corrected chi connectivity index (χ4v) is 4.08. The molecule has 3 aromatic heterocycles. The monoisotopic (exact) mass is 525 g/mol. The molecule has 1 aliphatic heterocycles. The summed E-state index contributed by atoms with van der Waals surface area (Å²) in [6, 6.07) is 2.20. The van der Waals surface area contributed by atoms with E-state index in [1.807, 2.05) is 5.32 Å². The van der Waals surface area contributed by atoms with E-state index in [1.54, 1.807) is 37.1 Å². The Balaban J connectivity index is 0.00000253. The summed E-state index contributed by atoms with van der Waals surface area (Å²) in [6.45, 7) is 2.39. The molecule has 4 heterocycles. The van der Waals surface area contributed by atoms with Gasteiger partial charge >= 0.3 is 6.18 Å². The average molecular weight is 526 g/mol. The Morgan fingerprint density at radius 1 is 1.31 bits per heavy atom. The van der Waals surface area contributed by atoms with E-state index in [2.05, 4.69) is 19.9 Å². The van der Waals surface area contributed by atoms with Crippen molar-refractivity contribution in [2.45, 2.75) is 26.1 Å². The Kier molecular flexibility index (Phi) is 7.16. The Hall–Kier alpha value is -3.67. The lowest BCUT2D eigenvalue weighted by atomic mass is 10.1. The van der Waals surface area contributed by atoms with Gasteiger partial charge in [0.05, 0.1) is 11.6 Å². The third kappa shape index (κ3) is 5.76. The van der Waals surface area contributed by atoms with Crippen LogP contribution in [0.3, 0.4) is 0 Å². The highest BCUT2D eigenvalue weighted by molar-refractivity contribution is 6.31. The molecule has 9 nitrogen and oxygen atoms in total.